The summed E-state index contributed by atoms with van der Waals surface area (Å²) in [6.07, 6.45) is 1.36. The molecular formula is C7H6NO. The Morgan fingerprint density at radius 3 is 3.11 bits per heavy atom. The van der Waals surface area contributed by atoms with Crippen LogP contribution in [0, 0.1) is 6.07 Å². The van der Waals surface area contributed by atoms with Gasteiger partial charge in [0.1, 0.15) is 0 Å². The van der Waals surface area contributed by atoms with Gasteiger partial charge in [-0.05, 0) is 17.7 Å². The number of nitrogens with zero attached hydrogens (tertiary/aromatic N) is 1. The normalized spacial score (nSPS) is 10.2. The second kappa shape index (κ2) is 2.87. The van der Waals surface area contributed by atoms with Crippen LogP contribution in [0.1, 0.15) is 5.56 Å². The Bertz CT molecular complexity index is 193. The minimum absolute atomic E-state index is 0.847. The van der Waals surface area contributed by atoms with E-state index >= 15 is 0 Å². The molecule has 1 N–H and O–H groups in total. The van der Waals surface area contributed by atoms with E-state index < -0.39 is 0 Å². The smallest absolute Gasteiger partial charge is 0.0734 e. The second-order valence-electron chi connectivity index (χ2n) is 1.58. The average molecular weight is 120 g/mol. The van der Waals surface area contributed by atoms with Crippen molar-refractivity contribution in [1.82, 2.24) is 0 Å². The fraction of sp³-hybridized carbons (Fsp3) is 0. The SMILES string of the molecule is O/N=C\c1c[c]ccc1. The lowest BCUT2D eigenvalue weighted by atomic mass is 10.2. The molecule has 0 saturated carbocycles. The predicted molar refractivity (Wildman–Crippen MR) is 34.7 cm³/mol. The van der Waals surface area contributed by atoms with Crippen LogP contribution in [0.3, 0.4) is 0 Å². The molecule has 2 nitrogen and oxygen atoms in total. The lowest BCUT2D eigenvalue weighted by Crippen LogP contribution is -1.76. The monoisotopic (exact) mass is 120 g/mol. The van der Waals surface area contributed by atoms with Gasteiger partial charge >= 0.3 is 0 Å². The third-order valence-electron chi connectivity index (χ3n) is 0.938. The topological polar surface area (TPSA) is 32.6 Å². The third-order valence-corrected chi connectivity index (χ3v) is 0.938. The van der Waals surface area contributed by atoms with Crippen LogP contribution >= 0.6 is 0 Å². The maximum absolute atomic E-state index is 8.08. The van der Waals surface area contributed by atoms with E-state index in [1.807, 2.05) is 12.1 Å². The zero-order valence-electron chi connectivity index (χ0n) is 4.78. The minimum Gasteiger partial charge on any atom is -0.411 e. The first-order chi connectivity index (χ1) is 4.43. The van der Waals surface area contributed by atoms with Crippen LogP contribution < -0.4 is 0 Å². The van der Waals surface area contributed by atoms with Crippen LogP contribution in [0.4, 0.5) is 0 Å². The highest BCUT2D eigenvalue weighted by molar-refractivity contribution is 5.78. The Kier molecular flexibility index (Phi) is 1.85. The van der Waals surface area contributed by atoms with Crippen molar-refractivity contribution < 1.29 is 5.21 Å². The summed E-state index contributed by atoms with van der Waals surface area (Å²) >= 11 is 0. The molecule has 0 aliphatic heterocycles. The maximum atomic E-state index is 8.08. The molecular weight excluding hydrogens is 114 g/mol. The van der Waals surface area contributed by atoms with Gasteiger partial charge in [0.15, 0.2) is 0 Å². The summed E-state index contributed by atoms with van der Waals surface area (Å²) in [4.78, 5) is 0. The fourth-order valence-electron chi connectivity index (χ4n) is 0.554. The molecule has 1 aromatic carbocycles. The van der Waals surface area contributed by atoms with Crippen LogP contribution in [0.25, 0.3) is 0 Å². The van der Waals surface area contributed by atoms with Crippen molar-refractivity contribution in [3.8, 4) is 0 Å². The van der Waals surface area contributed by atoms with Crippen LogP contribution in [0.15, 0.2) is 29.4 Å². The summed E-state index contributed by atoms with van der Waals surface area (Å²) in [6.45, 7) is 0. The summed E-state index contributed by atoms with van der Waals surface area (Å²) < 4.78 is 0. The number of hydrogen-bond acceptors (Lipinski definition) is 2. The second-order valence-corrected chi connectivity index (χ2v) is 1.58. The molecule has 0 fully saturated rings. The highest BCUT2D eigenvalue weighted by Crippen LogP contribution is 1.91. The van der Waals surface area contributed by atoms with E-state index in [1.54, 1.807) is 12.1 Å². The zero-order valence-corrected chi connectivity index (χ0v) is 4.78. The number of rotatable bonds is 1. The molecule has 1 aromatic rings. The third kappa shape index (κ3) is 1.57. The molecule has 2 heteroatoms. The molecule has 0 amide bonds. The number of oxime groups is 1. The molecule has 0 saturated heterocycles. The van der Waals surface area contributed by atoms with Crippen molar-refractivity contribution in [2.24, 2.45) is 5.16 Å². The fourth-order valence-corrected chi connectivity index (χ4v) is 0.554. The summed E-state index contributed by atoms with van der Waals surface area (Å²) in [7, 11) is 0. The van der Waals surface area contributed by atoms with E-state index in [0.29, 0.717) is 0 Å². The first-order valence-corrected chi connectivity index (χ1v) is 2.57. The van der Waals surface area contributed by atoms with Crippen LogP contribution in [-0.4, -0.2) is 11.4 Å². The van der Waals surface area contributed by atoms with Gasteiger partial charge in [-0.3, -0.25) is 0 Å². The Balaban J connectivity index is 2.85. The van der Waals surface area contributed by atoms with Gasteiger partial charge in [0.05, 0.1) is 6.21 Å². The van der Waals surface area contributed by atoms with E-state index in [-0.39, 0.29) is 0 Å². The van der Waals surface area contributed by atoms with Crippen LogP contribution in [0.5, 0.6) is 0 Å². The molecule has 0 aliphatic rings. The Morgan fingerprint density at radius 1 is 1.67 bits per heavy atom. The van der Waals surface area contributed by atoms with Gasteiger partial charge in [-0.25, -0.2) is 0 Å². The first-order valence-electron chi connectivity index (χ1n) is 2.57. The molecule has 0 heterocycles. The highest BCUT2D eigenvalue weighted by atomic mass is 16.4. The lowest BCUT2D eigenvalue weighted by Gasteiger charge is -1.84. The van der Waals surface area contributed by atoms with E-state index in [2.05, 4.69) is 11.2 Å². The van der Waals surface area contributed by atoms with Gasteiger partial charge in [0, 0.05) is 0 Å². The van der Waals surface area contributed by atoms with Crippen molar-refractivity contribution >= 4 is 6.21 Å². The molecule has 0 atom stereocenters. The molecule has 0 aromatic heterocycles. The van der Waals surface area contributed by atoms with Crippen LogP contribution in [-0.2, 0) is 0 Å². The van der Waals surface area contributed by atoms with E-state index in [1.165, 1.54) is 6.21 Å². The van der Waals surface area contributed by atoms with E-state index in [9.17, 15) is 0 Å². The minimum atomic E-state index is 0.847. The average Bonchev–Trinajstić information content (AvgIpc) is 1.91. The molecule has 45 valence electrons. The predicted octanol–water partition coefficient (Wildman–Crippen LogP) is 1.29. The van der Waals surface area contributed by atoms with Gasteiger partial charge in [0.2, 0.25) is 0 Å². The van der Waals surface area contributed by atoms with E-state index in [4.69, 9.17) is 5.21 Å². The summed E-state index contributed by atoms with van der Waals surface area (Å²) in [5.41, 5.74) is 0.847. The number of benzene rings is 1. The van der Waals surface area contributed by atoms with Crippen molar-refractivity contribution in [3.05, 3.63) is 35.9 Å². The standard InChI is InChI=1S/C7H6NO/c9-8-6-7-4-2-1-3-5-7/h1-2,4-6,9H/b8-6-. The van der Waals surface area contributed by atoms with Crippen molar-refractivity contribution in [2.45, 2.75) is 0 Å². The first kappa shape index (κ1) is 5.82. The summed E-state index contributed by atoms with van der Waals surface area (Å²) in [5.74, 6) is 0. The molecule has 0 aliphatic carbocycles. The highest BCUT2D eigenvalue weighted by Gasteiger charge is 1.80. The summed E-state index contributed by atoms with van der Waals surface area (Å²) in [5, 5.41) is 10.9. The quantitative estimate of drug-likeness (QED) is 0.338. The zero-order chi connectivity index (χ0) is 6.53. The Labute approximate surface area is 53.4 Å². The molecule has 0 bridgehead atoms. The van der Waals surface area contributed by atoms with Crippen molar-refractivity contribution in [2.75, 3.05) is 0 Å². The summed E-state index contributed by atoms with van der Waals surface area (Å²) in [6, 6.07) is 10.0. The Hall–Kier alpha value is -1.31. The largest absolute Gasteiger partial charge is 0.411 e. The maximum Gasteiger partial charge on any atom is 0.0734 e. The molecule has 9 heavy (non-hydrogen) atoms. The van der Waals surface area contributed by atoms with Gasteiger partial charge in [-0.15, -0.1) is 0 Å². The lowest BCUT2D eigenvalue weighted by molar-refractivity contribution is 0.322. The molecule has 1 rings (SSSR count). The van der Waals surface area contributed by atoms with Gasteiger partial charge in [-0.1, -0.05) is 23.4 Å². The number of hydrogen-bond donors (Lipinski definition) is 1. The van der Waals surface area contributed by atoms with Crippen molar-refractivity contribution in [1.29, 1.82) is 0 Å². The Morgan fingerprint density at radius 2 is 2.56 bits per heavy atom. The molecule has 0 spiro atoms. The molecule has 1 radical (unpaired) electrons. The van der Waals surface area contributed by atoms with Gasteiger partial charge in [0.25, 0.3) is 0 Å². The van der Waals surface area contributed by atoms with E-state index in [0.717, 1.165) is 5.56 Å². The van der Waals surface area contributed by atoms with Crippen molar-refractivity contribution in [3.63, 3.8) is 0 Å². The van der Waals surface area contributed by atoms with Crippen LogP contribution in [0.2, 0.25) is 0 Å². The van der Waals surface area contributed by atoms with Gasteiger partial charge < -0.3 is 5.21 Å². The molecule has 0 unspecified atom stereocenters. The van der Waals surface area contributed by atoms with Gasteiger partial charge in [-0.2, -0.15) is 0 Å².